The van der Waals surface area contributed by atoms with E-state index in [0.717, 1.165) is 37.6 Å². The number of nitrogens with one attached hydrogen (secondary N) is 1. The summed E-state index contributed by atoms with van der Waals surface area (Å²) in [5, 5.41) is 2.76. The first-order valence-corrected chi connectivity index (χ1v) is 8.72. The van der Waals surface area contributed by atoms with E-state index in [0.29, 0.717) is 17.8 Å². The number of benzene rings is 2. The van der Waals surface area contributed by atoms with E-state index in [4.69, 9.17) is 4.74 Å². The van der Waals surface area contributed by atoms with Crippen LogP contribution in [0.2, 0.25) is 0 Å². The summed E-state index contributed by atoms with van der Waals surface area (Å²) in [6.45, 7) is 5.29. The maximum Gasteiger partial charge on any atom is 0.238 e. The van der Waals surface area contributed by atoms with Crippen LogP contribution in [0.5, 0.6) is 5.75 Å². The summed E-state index contributed by atoms with van der Waals surface area (Å²) in [5.41, 5.74) is 2.19. The molecule has 0 aliphatic carbocycles. The molecule has 0 aromatic heterocycles. The van der Waals surface area contributed by atoms with Gasteiger partial charge in [-0.15, -0.1) is 0 Å². The van der Waals surface area contributed by atoms with E-state index in [1.54, 1.807) is 26.2 Å². The molecule has 26 heavy (non-hydrogen) atoms. The molecule has 0 atom stereocenters. The molecule has 0 bridgehead atoms. The Labute approximate surface area is 153 Å². The number of hydrogen-bond donors (Lipinski definition) is 1. The molecule has 3 rings (SSSR count). The van der Waals surface area contributed by atoms with Gasteiger partial charge in [-0.05, 0) is 36.8 Å². The van der Waals surface area contributed by atoms with Crippen LogP contribution in [0.1, 0.15) is 5.56 Å². The molecule has 1 aliphatic heterocycles. The molecule has 138 valence electrons. The molecule has 1 N–H and O–H groups in total. The lowest BCUT2D eigenvalue weighted by atomic mass is 10.2. The van der Waals surface area contributed by atoms with Crippen LogP contribution in [0, 0.1) is 12.7 Å². The molecule has 1 amide bonds. The van der Waals surface area contributed by atoms with Gasteiger partial charge in [-0.3, -0.25) is 9.69 Å². The number of carbonyl (C=O) groups excluding carboxylic acids is 1. The second-order valence-electron chi connectivity index (χ2n) is 6.48. The van der Waals surface area contributed by atoms with Gasteiger partial charge in [0.15, 0.2) is 0 Å². The summed E-state index contributed by atoms with van der Waals surface area (Å²) in [6, 6.07) is 12.7. The largest absolute Gasteiger partial charge is 0.497 e. The number of piperazine rings is 1. The molecule has 2 aromatic rings. The Morgan fingerprint density at radius 3 is 2.62 bits per heavy atom. The number of carbonyl (C=O) groups is 1. The van der Waals surface area contributed by atoms with Crippen molar-refractivity contribution in [1.29, 1.82) is 0 Å². The third-order valence-corrected chi connectivity index (χ3v) is 4.61. The first kappa shape index (κ1) is 18.2. The molecule has 2 aromatic carbocycles. The summed E-state index contributed by atoms with van der Waals surface area (Å²) in [4.78, 5) is 16.6. The number of ether oxygens (including phenoxy) is 1. The molecule has 1 saturated heterocycles. The number of rotatable bonds is 5. The number of halogens is 1. The zero-order valence-corrected chi connectivity index (χ0v) is 15.2. The van der Waals surface area contributed by atoms with Crippen LogP contribution in [0.4, 0.5) is 15.8 Å². The van der Waals surface area contributed by atoms with Gasteiger partial charge in [-0.1, -0.05) is 12.1 Å². The van der Waals surface area contributed by atoms with Gasteiger partial charge in [0, 0.05) is 43.6 Å². The minimum atomic E-state index is -0.310. The van der Waals surface area contributed by atoms with E-state index < -0.39 is 0 Å². The second-order valence-corrected chi connectivity index (χ2v) is 6.48. The topological polar surface area (TPSA) is 44.8 Å². The third-order valence-electron chi connectivity index (χ3n) is 4.61. The summed E-state index contributed by atoms with van der Waals surface area (Å²) in [6.07, 6.45) is 0. The third kappa shape index (κ3) is 4.52. The van der Waals surface area contributed by atoms with Crippen molar-refractivity contribution in [1.82, 2.24) is 4.90 Å². The van der Waals surface area contributed by atoms with Crippen LogP contribution >= 0.6 is 0 Å². The summed E-state index contributed by atoms with van der Waals surface area (Å²) >= 11 is 0. The number of aryl methyl sites for hydroxylation is 1. The van der Waals surface area contributed by atoms with Gasteiger partial charge >= 0.3 is 0 Å². The first-order valence-electron chi connectivity index (χ1n) is 8.72. The fourth-order valence-corrected chi connectivity index (χ4v) is 3.05. The van der Waals surface area contributed by atoms with Crippen LogP contribution in [0.25, 0.3) is 0 Å². The van der Waals surface area contributed by atoms with E-state index in [1.165, 1.54) is 6.07 Å². The molecule has 1 heterocycles. The van der Waals surface area contributed by atoms with E-state index >= 15 is 0 Å². The summed E-state index contributed by atoms with van der Waals surface area (Å²) in [5.74, 6) is 0.410. The molecular weight excluding hydrogens is 333 g/mol. The van der Waals surface area contributed by atoms with Crippen molar-refractivity contribution in [2.45, 2.75) is 6.92 Å². The Morgan fingerprint density at radius 2 is 1.92 bits per heavy atom. The predicted octanol–water partition coefficient (Wildman–Crippen LogP) is 2.90. The van der Waals surface area contributed by atoms with E-state index in [-0.39, 0.29) is 11.7 Å². The Morgan fingerprint density at radius 1 is 1.15 bits per heavy atom. The summed E-state index contributed by atoms with van der Waals surface area (Å²) in [7, 11) is 1.66. The van der Waals surface area contributed by atoms with Crippen LogP contribution in [-0.4, -0.2) is 50.6 Å². The Bertz CT molecular complexity index is 773. The van der Waals surface area contributed by atoms with E-state index in [9.17, 15) is 9.18 Å². The zero-order valence-electron chi connectivity index (χ0n) is 15.2. The molecule has 1 aliphatic rings. The van der Waals surface area contributed by atoms with Gasteiger partial charge in [-0.2, -0.15) is 0 Å². The number of amides is 1. The van der Waals surface area contributed by atoms with Gasteiger partial charge in [-0.25, -0.2) is 4.39 Å². The molecule has 0 saturated carbocycles. The lowest BCUT2D eigenvalue weighted by Gasteiger charge is -2.35. The van der Waals surface area contributed by atoms with Crippen molar-refractivity contribution in [3.8, 4) is 5.75 Å². The highest BCUT2D eigenvalue weighted by Crippen LogP contribution is 2.22. The lowest BCUT2D eigenvalue weighted by molar-refractivity contribution is -0.117. The van der Waals surface area contributed by atoms with Crippen molar-refractivity contribution in [2.75, 3.05) is 50.1 Å². The maximum atomic E-state index is 13.6. The van der Waals surface area contributed by atoms with E-state index in [2.05, 4.69) is 21.2 Å². The van der Waals surface area contributed by atoms with Crippen molar-refractivity contribution in [3.63, 3.8) is 0 Å². The van der Waals surface area contributed by atoms with Crippen LogP contribution in [0.3, 0.4) is 0 Å². The predicted molar refractivity (Wildman–Crippen MR) is 101 cm³/mol. The molecule has 6 heteroatoms. The van der Waals surface area contributed by atoms with Crippen LogP contribution < -0.4 is 15.0 Å². The standard InChI is InChI=1S/C20H24FN3O2/c1-15-6-7-16(12-19(15)21)22-20(25)14-23-8-10-24(11-9-23)17-4-3-5-18(13-17)26-2/h3-7,12-13H,8-11,14H2,1-2H3,(H,22,25). The highest BCUT2D eigenvalue weighted by Gasteiger charge is 2.19. The van der Waals surface area contributed by atoms with Crippen molar-refractivity contribution in [3.05, 3.63) is 53.8 Å². The van der Waals surface area contributed by atoms with Crippen molar-refractivity contribution >= 4 is 17.3 Å². The van der Waals surface area contributed by atoms with Crippen molar-refractivity contribution < 1.29 is 13.9 Å². The van der Waals surface area contributed by atoms with Gasteiger partial charge in [0.05, 0.1) is 13.7 Å². The Kier molecular flexibility index (Phi) is 5.73. The molecule has 0 spiro atoms. The Hall–Kier alpha value is -2.60. The molecular formula is C20H24FN3O2. The minimum Gasteiger partial charge on any atom is -0.497 e. The average Bonchev–Trinajstić information content (AvgIpc) is 2.65. The van der Waals surface area contributed by atoms with Crippen molar-refractivity contribution in [2.24, 2.45) is 0 Å². The fourth-order valence-electron chi connectivity index (χ4n) is 3.05. The maximum absolute atomic E-state index is 13.6. The zero-order chi connectivity index (χ0) is 18.5. The SMILES string of the molecule is COc1cccc(N2CCN(CC(=O)Nc3ccc(C)c(F)c3)CC2)c1. The number of methoxy groups -OCH3 is 1. The van der Waals surface area contributed by atoms with E-state index in [1.807, 2.05) is 18.2 Å². The van der Waals surface area contributed by atoms with Crippen LogP contribution in [0.15, 0.2) is 42.5 Å². The number of anilines is 2. The molecule has 1 fully saturated rings. The summed E-state index contributed by atoms with van der Waals surface area (Å²) < 4.78 is 18.8. The van der Waals surface area contributed by atoms with Gasteiger partial charge in [0.2, 0.25) is 5.91 Å². The number of hydrogen-bond acceptors (Lipinski definition) is 4. The van der Waals surface area contributed by atoms with Gasteiger partial charge in [0.25, 0.3) is 0 Å². The Balaban J connectivity index is 1.50. The first-order chi connectivity index (χ1) is 12.5. The smallest absolute Gasteiger partial charge is 0.238 e. The van der Waals surface area contributed by atoms with Gasteiger partial charge < -0.3 is 15.0 Å². The number of nitrogens with zero attached hydrogens (tertiary/aromatic N) is 2. The molecule has 5 nitrogen and oxygen atoms in total. The molecule has 0 unspecified atom stereocenters. The quantitative estimate of drug-likeness (QED) is 0.894. The van der Waals surface area contributed by atoms with Crippen LogP contribution in [-0.2, 0) is 4.79 Å². The van der Waals surface area contributed by atoms with Gasteiger partial charge in [0.1, 0.15) is 11.6 Å². The fraction of sp³-hybridized carbons (Fsp3) is 0.350. The highest BCUT2D eigenvalue weighted by molar-refractivity contribution is 5.92. The normalized spacial score (nSPS) is 15.0. The average molecular weight is 357 g/mol. The minimum absolute atomic E-state index is 0.122. The second kappa shape index (κ2) is 8.19. The highest BCUT2D eigenvalue weighted by atomic mass is 19.1. The molecule has 0 radical (unpaired) electrons. The monoisotopic (exact) mass is 357 g/mol. The lowest BCUT2D eigenvalue weighted by Crippen LogP contribution is -2.48.